The fourth-order valence-electron chi connectivity index (χ4n) is 4.11. The number of hydrogen-bond donors (Lipinski definition) is 2. The van der Waals surface area contributed by atoms with Crippen LogP contribution < -0.4 is 15.4 Å². The van der Waals surface area contributed by atoms with Crippen molar-refractivity contribution in [1.82, 2.24) is 19.9 Å². The molecule has 2 saturated heterocycles. The highest BCUT2D eigenvalue weighted by Crippen LogP contribution is 2.26. The molecule has 2 aromatic rings. The monoisotopic (exact) mass is 492 g/mol. The summed E-state index contributed by atoms with van der Waals surface area (Å²) < 4.78 is 33.7. The highest BCUT2D eigenvalue weighted by Gasteiger charge is 2.50. The number of aromatic nitrogens is 1. The van der Waals surface area contributed by atoms with Gasteiger partial charge in [0.05, 0.1) is 10.8 Å². The van der Waals surface area contributed by atoms with E-state index in [-0.39, 0.29) is 25.6 Å². The van der Waals surface area contributed by atoms with Crippen molar-refractivity contribution in [3.8, 4) is 5.88 Å². The lowest BCUT2D eigenvalue weighted by atomic mass is 9.93. The summed E-state index contributed by atoms with van der Waals surface area (Å²) >= 11 is 5.84. The van der Waals surface area contributed by atoms with Crippen molar-refractivity contribution in [2.24, 2.45) is 0 Å². The number of halogens is 1. The van der Waals surface area contributed by atoms with Crippen molar-refractivity contribution in [3.05, 3.63) is 59.2 Å². The summed E-state index contributed by atoms with van der Waals surface area (Å²) in [4.78, 5) is 28.7. The number of hydrogen-bond acceptors (Lipinski definition) is 6. The van der Waals surface area contributed by atoms with Crippen LogP contribution in [0.3, 0.4) is 0 Å². The van der Waals surface area contributed by atoms with Gasteiger partial charge in [0.15, 0.2) is 0 Å². The van der Waals surface area contributed by atoms with Crippen LogP contribution in [0.2, 0.25) is 5.02 Å². The van der Waals surface area contributed by atoms with E-state index in [1.807, 2.05) is 30.3 Å². The molecule has 1 atom stereocenters. The quantitative estimate of drug-likeness (QED) is 0.545. The molecule has 176 valence electrons. The highest BCUT2D eigenvalue weighted by atomic mass is 35.5. The van der Waals surface area contributed by atoms with Gasteiger partial charge in [0.2, 0.25) is 15.9 Å². The van der Waals surface area contributed by atoms with Crippen molar-refractivity contribution >= 4 is 33.6 Å². The maximum absolute atomic E-state index is 13.2. The van der Waals surface area contributed by atoms with Gasteiger partial charge in [0.25, 0.3) is 5.91 Å². The minimum absolute atomic E-state index is 0.174. The SMILES string of the molecule is O=C1NC(=O)C(CCc2ccccc2)(CS(=O)(=O)N2CCC(Oc3ccc(Cl)cn3)CC2)N1. The van der Waals surface area contributed by atoms with Gasteiger partial charge in [-0.25, -0.2) is 22.5 Å². The number of nitrogens with one attached hydrogen (secondary N) is 2. The number of imide groups is 1. The number of carbonyl (C=O) groups is 2. The first-order valence-corrected chi connectivity index (χ1v) is 12.7. The van der Waals surface area contributed by atoms with Crippen molar-refractivity contribution < 1.29 is 22.7 Å². The largest absolute Gasteiger partial charge is 0.474 e. The average molecular weight is 493 g/mol. The summed E-state index contributed by atoms with van der Waals surface area (Å²) in [6, 6.07) is 12.1. The molecule has 3 heterocycles. The average Bonchev–Trinajstić information content (AvgIpc) is 3.07. The number of aryl methyl sites for hydroxylation is 1. The summed E-state index contributed by atoms with van der Waals surface area (Å²) in [7, 11) is -3.82. The van der Waals surface area contributed by atoms with Crippen molar-refractivity contribution in [2.45, 2.75) is 37.3 Å². The lowest BCUT2D eigenvalue weighted by molar-refractivity contribution is -0.123. The second kappa shape index (κ2) is 9.66. The van der Waals surface area contributed by atoms with Crippen LogP contribution in [-0.4, -0.2) is 60.1 Å². The molecule has 0 bridgehead atoms. The van der Waals surface area contributed by atoms with Crippen molar-refractivity contribution in [1.29, 1.82) is 0 Å². The molecular weight excluding hydrogens is 468 g/mol. The predicted molar refractivity (Wildman–Crippen MR) is 122 cm³/mol. The minimum atomic E-state index is -3.82. The molecule has 1 aromatic heterocycles. The molecule has 11 heteroatoms. The van der Waals surface area contributed by atoms with E-state index in [0.29, 0.717) is 30.2 Å². The van der Waals surface area contributed by atoms with Gasteiger partial charge in [0, 0.05) is 25.4 Å². The molecule has 9 nitrogen and oxygen atoms in total. The van der Waals surface area contributed by atoms with Crippen LogP contribution in [-0.2, 0) is 21.2 Å². The Labute approximate surface area is 197 Å². The Balaban J connectivity index is 1.40. The van der Waals surface area contributed by atoms with Crippen LogP contribution in [0.25, 0.3) is 0 Å². The van der Waals surface area contributed by atoms with Crippen molar-refractivity contribution in [3.63, 3.8) is 0 Å². The molecule has 0 spiro atoms. The summed E-state index contributed by atoms with van der Waals surface area (Å²) in [5, 5.41) is 5.29. The zero-order chi connectivity index (χ0) is 23.5. The standard InChI is InChI=1S/C22H25ClN4O5S/c23-17-6-7-19(24-14-17)32-18-9-12-27(13-10-18)33(30,31)15-22(20(28)25-21(29)26-22)11-8-16-4-2-1-3-5-16/h1-7,14,18H,8-13,15H2,(H2,25,26,28,29). The second-order valence-electron chi connectivity index (χ2n) is 8.26. The highest BCUT2D eigenvalue weighted by molar-refractivity contribution is 7.89. The van der Waals surface area contributed by atoms with E-state index in [0.717, 1.165) is 5.56 Å². The molecule has 4 rings (SSSR count). The zero-order valence-corrected chi connectivity index (χ0v) is 19.4. The Morgan fingerprint density at radius 1 is 1.12 bits per heavy atom. The van der Waals surface area contributed by atoms with Gasteiger partial charge in [-0.05, 0) is 37.3 Å². The Kier molecular flexibility index (Phi) is 6.87. The molecule has 33 heavy (non-hydrogen) atoms. The van der Waals surface area contributed by atoms with Gasteiger partial charge in [0.1, 0.15) is 11.6 Å². The van der Waals surface area contributed by atoms with Crippen LogP contribution in [0.1, 0.15) is 24.8 Å². The predicted octanol–water partition coefficient (Wildman–Crippen LogP) is 2.12. The van der Waals surface area contributed by atoms with E-state index in [1.165, 1.54) is 10.5 Å². The third-order valence-corrected chi connectivity index (χ3v) is 8.14. The smallest absolute Gasteiger partial charge is 0.322 e. The van der Waals surface area contributed by atoms with E-state index >= 15 is 0 Å². The van der Waals surface area contributed by atoms with E-state index in [2.05, 4.69) is 15.6 Å². The maximum atomic E-state index is 13.2. The molecule has 0 radical (unpaired) electrons. The normalized spacial score (nSPS) is 22.1. The number of amides is 3. The number of rotatable bonds is 8. The molecule has 0 saturated carbocycles. The van der Waals surface area contributed by atoms with E-state index < -0.39 is 33.3 Å². The first kappa shape index (κ1) is 23.5. The number of piperidine rings is 1. The molecule has 2 aliphatic heterocycles. The lowest BCUT2D eigenvalue weighted by Crippen LogP contribution is -2.56. The number of urea groups is 1. The zero-order valence-electron chi connectivity index (χ0n) is 17.9. The molecular formula is C22H25ClN4O5S. The molecule has 0 aliphatic carbocycles. The number of nitrogens with zero attached hydrogens (tertiary/aromatic N) is 2. The minimum Gasteiger partial charge on any atom is -0.474 e. The Morgan fingerprint density at radius 2 is 1.85 bits per heavy atom. The Bertz CT molecular complexity index is 1110. The number of sulfonamides is 1. The summed E-state index contributed by atoms with van der Waals surface area (Å²) in [5.41, 5.74) is -0.552. The summed E-state index contributed by atoms with van der Waals surface area (Å²) in [6.45, 7) is 0.510. The van der Waals surface area contributed by atoms with Gasteiger partial charge in [-0.15, -0.1) is 0 Å². The van der Waals surface area contributed by atoms with Crippen LogP contribution in [0, 0.1) is 0 Å². The van der Waals surface area contributed by atoms with Gasteiger partial charge in [-0.3, -0.25) is 10.1 Å². The Morgan fingerprint density at radius 3 is 2.45 bits per heavy atom. The van der Waals surface area contributed by atoms with Gasteiger partial charge >= 0.3 is 6.03 Å². The Hall–Kier alpha value is -2.69. The van der Waals surface area contributed by atoms with E-state index in [4.69, 9.17) is 16.3 Å². The van der Waals surface area contributed by atoms with Gasteiger partial charge in [-0.1, -0.05) is 41.9 Å². The van der Waals surface area contributed by atoms with Crippen LogP contribution in [0.15, 0.2) is 48.7 Å². The number of ether oxygens (including phenoxy) is 1. The second-order valence-corrected chi connectivity index (χ2v) is 10.7. The fraction of sp³-hybridized carbons (Fsp3) is 0.409. The van der Waals surface area contributed by atoms with Crippen LogP contribution >= 0.6 is 11.6 Å². The molecule has 2 fully saturated rings. The number of carbonyl (C=O) groups excluding carboxylic acids is 2. The first-order valence-electron chi connectivity index (χ1n) is 10.7. The summed E-state index contributed by atoms with van der Waals surface area (Å²) in [6.07, 6.45) is 2.92. The van der Waals surface area contributed by atoms with Crippen LogP contribution in [0.5, 0.6) is 5.88 Å². The third kappa shape index (κ3) is 5.63. The van der Waals surface area contributed by atoms with Gasteiger partial charge in [-0.2, -0.15) is 0 Å². The third-order valence-electron chi connectivity index (χ3n) is 5.91. The molecule has 1 unspecified atom stereocenters. The molecule has 3 amide bonds. The molecule has 1 aromatic carbocycles. The number of pyridine rings is 1. The first-order chi connectivity index (χ1) is 15.8. The topological polar surface area (TPSA) is 118 Å². The molecule has 2 N–H and O–H groups in total. The number of benzene rings is 1. The van der Waals surface area contributed by atoms with Crippen molar-refractivity contribution in [2.75, 3.05) is 18.8 Å². The maximum Gasteiger partial charge on any atom is 0.322 e. The van der Waals surface area contributed by atoms with Gasteiger partial charge < -0.3 is 10.1 Å². The van der Waals surface area contributed by atoms with E-state index in [9.17, 15) is 18.0 Å². The van der Waals surface area contributed by atoms with Crippen LogP contribution in [0.4, 0.5) is 4.79 Å². The fourth-order valence-corrected chi connectivity index (χ4v) is 6.15. The lowest BCUT2D eigenvalue weighted by Gasteiger charge is -2.34. The molecule has 2 aliphatic rings. The summed E-state index contributed by atoms with van der Waals surface area (Å²) in [5.74, 6) is -0.667. The van der Waals surface area contributed by atoms with E-state index in [1.54, 1.807) is 12.1 Å².